The van der Waals surface area contributed by atoms with Crippen LogP contribution in [0, 0.1) is 11.8 Å². The molecule has 0 aliphatic heterocycles. The van der Waals surface area contributed by atoms with E-state index in [2.05, 4.69) is 36.7 Å². The van der Waals surface area contributed by atoms with Gasteiger partial charge < -0.3 is 5.11 Å². The molecule has 2 N–H and O–H groups in total. The summed E-state index contributed by atoms with van der Waals surface area (Å²) in [5, 5.41) is 15.0. The monoisotopic (exact) mass is 295 g/mol. The Labute approximate surface area is 125 Å². The van der Waals surface area contributed by atoms with Gasteiger partial charge in [-0.15, -0.1) is 11.3 Å². The van der Waals surface area contributed by atoms with Crippen LogP contribution in [-0.2, 0) is 4.79 Å². The van der Waals surface area contributed by atoms with E-state index in [1.54, 1.807) is 11.3 Å². The quantitative estimate of drug-likeness (QED) is 0.797. The zero-order valence-corrected chi connectivity index (χ0v) is 13.2. The molecule has 1 aromatic heterocycles. The number of rotatable bonds is 7. The van der Waals surface area contributed by atoms with E-state index in [1.807, 2.05) is 0 Å². The number of carbonyl (C=O) groups is 1. The number of carboxylic acid groups (broad SMARTS) is 1. The SMILES string of the molecule is CC(C)CC(NC(c1cccs1)C1CCCC1)C(=O)O. The number of aliphatic carboxylic acids is 1. The Morgan fingerprint density at radius 1 is 1.45 bits per heavy atom. The second-order valence-electron chi connectivity index (χ2n) is 6.22. The van der Waals surface area contributed by atoms with Gasteiger partial charge in [0.25, 0.3) is 0 Å². The van der Waals surface area contributed by atoms with Gasteiger partial charge >= 0.3 is 5.97 Å². The van der Waals surface area contributed by atoms with Crippen molar-refractivity contribution in [1.82, 2.24) is 5.32 Å². The third-order valence-corrected chi connectivity index (χ3v) is 5.06. The molecule has 4 heteroatoms. The summed E-state index contributed by atoms with van der Waals surface area (Å²) in [6, 6.07) is 3.96. The molecular weight excluding hydrogens is 270 g/mol. The summed E-state index contributed by atoms with van der Waals surface area (Å²) in [6.07, 6.45) is 5.66. The first-order valence-electron chi connectivity index (χ1n) is 7.60. The van der Waals surface area contributed by atoms with Crippen LogP contribution in [0.25, 0.3) is 0 Å². The molecule has 112 valence electrons. The van der Waals surface area contributed by atoms with E-state index in [-0.39, 0.29) is 6.04 Å². The lowest BCUT2D eigenvalue weighted by Gasteiger charge is -2.28. The molecule has 1 aliphatic carbocycles. The van der Waals surface area contributed by atoms with E-state index >= 15 is 0 Å². The molecule has 1 heterocycles. The van der Waals surface area contributed by atoms with Crippen LogP contribution < -0.4 is 5.32 Å². The highest BCUT2D eigenvalue weighted by molar-refractivity contribution is 7.10. The molecule has 1 fully saturated rings. The van der Waals surface area contributed by atoms with Crippen LogP contribution in [0.15, 0.2) is 17.5 Å². The molecule has 3 nitrogen and oxygen atoms in total. The lowest BCUT2D eigenvalue weighted by Crippen LogP contribution is -2.42. The fourth-order valence-electron chi connectivity index (χ4n) is 3.14. The van der Waals surface area contributed by atoms with Crippen LogP contribution in [0.1, 0.15) is 56.9 Å². The minimum Gasteiger partial charge on any atom is -0.480 e. The molecule has 1 aromatic rings. The maximum absolute atomic E-state index is 11.5. The summed E-state index contributed by atoms with van der Waals surface area (Å²) in [5.41, 5.74) is 0. The van der Waals surface area contributed by atoms with Crippen molar-refractivity contribution < 1.29 is 9.90 Å². The average molecular weight is 295 g/mol. The Kier molecular flexibility index (Phi) is 5.61. The first-order valence-corrected chi connectivity index (χ1v) is 8.48. The van der Waals surface area contributed by atoms with Crippen molar-refractivity contribution in [3.05, 3.63) is 22.4 Å². The first kappa shape index (κ1) is 15.5. The van der Waals surface area contributed by atoms with E-state index < -0.39 is 12.0 Å². The average Bonchev–Trinajstić information content (AvgIpc) is 3.06. The molecule has 0 bridgehead atoms. The molecular formula is C16H25NO2S. The van der Waals surface area contributed by atoms with E-state index in [9.17, 15) is 9.90 Å². The molecule has 0 aromatic carbocycles. The molecule has 2 atom stereocenters. The van der Waals surface area contributed by atoms with Crippen LogP contribution in [0.3, 0.4) is 0 Å². The summed E-state index contributed by atoms with van der Waals surface area (Å²) in [4.78, 5) is 12.8. The number of carboxylic acids is 1. The number of hydrogen-bond donors (Lipinski definition) is 2. The highest BCUT2D eigenvalue weighted by Crippen LogP contribution is 2.37. The topological polar surface area (TPSA) is 49.3 Å². The summed E-state index contributed by atoms with van der Waals surface area (Å²) in [5.74, 6) is 0.247. The highest BCUT2D eigenvalue weighted by atomic mass is 32.1. The second-order valence-corrected chi connectivity index (χ2v) is 7.20. The molecule has 0 amide bonds. The van der Waals surface area contributed by atoms with E-state index in [0.29, 0.717) is 18.3 Å². The summed E-state index contributed by atoms with van der Waals surface area (Å²) < 4.78 is 0. The molecule has 1 aliphatic rings. The molecule has 2 rings (SSSR count). The van der Waals surface area contributed by atoms with E-state index in [1.165, 1.54) is 30.6 Å². The minimum absolute atomic E-state index is 0.206. The summed E-state index contributed by atoms with van der Waals surface area (Å²) in [7, 11) is 0. The smallest absolute Gasteiger partial charge is 0.320 e. The van der Waals surface area contributed by atoms with Gasteiger partial charge in [0.05, 0.1) is 0 Å². The maximum atomic E-state index is 11.5. The molecule has 1 saturated carbocycles. The second kappa shape index (κ2) is 7.23. The normalized spacial score (nSPS) is 19.4. The van der Waals surface area contributed by atoms with Gasteiger partial charge in [-0.2, -0.15) is 0 Å². The van der Waals surface area contributed by atoms with Gasteiger partial charge in [-0.25, -0.2) is 0 Å². The summed E-state index contributed by atoms with van der Waals surface area (Å²) >= 11 is 1.74. The fraction of sp³-hybridized carbons (Fsp3) is 0.688. The highest BCUT2D eigenvalue weighted by Gasteiger charge is 2.31. The van der Waals surface area contributed by atoms with Gasteiger partial charge in [-0.05, 0) is 42.5 Å². The lowest BCUT2D eigenvalue weighted by molar-refractivity contribution is -0.140. The van der Waals surface area contributed by atoms with Gasteiger partial charge in [0, 0.05) is 10.9 Å². The maximum Gasteiger partial charge on any atom is 0.320 e. The Bertz CT molecular complexity index is 410. The zero-order chi connectivity index (χ0) is 14.5. The van der Waals surface area contributed by atoms with Gasteiger partial charge in [0.2, 0.25) is 0 Å². The van der Waals surface area contributed by atoms with Crippen molar-refractivity contribution in [2.45, 2.75) is 58.0 Å². The van der Waals surface area contributed by atoms with Crippen LogP contribution >= 0.6 is 11.3 Å². The van der Waals surface area contributed by atoms with E-state index in [0.717, 1.165) is 0 Å². The van der Waals surface area contributed by atoms with Gasteiger partial charge in [0.1, 0.15) is 6.04 Å². The fourth-order valence-corrected chi connectivity index (χ4v) is 4.02. The van der Waals surface area contributed by atoms with E-state index in [4.69, 9.17) is 0 Å². The predicted molar refractivity (Wildman–Crippen MR) is 83.0 cm³/mol. The molecule has 0 spiro atoms. The third kappa shape index (κ3) is 4.06. The minimum atomic E-state index is -0.724. The molecule has 0 radical (unpaired) electrons. The number of hydrogen-bond acceptors (Lipinski definition) is 3. The Morgan fingerprint density at radius 3 is 2.65 bits per heavy atom. The third-order valence-electron chi connectivity index (χ3n) is 4.11. The van der Waals surface area contributed by atoms with Crippen molar-refractivity contribution in [3.63, 3.8) is 0 Å². The Balaban J connectivity index is 2.11. The Hall–Kier alpha value is -0.870. The Morgan fingerprint density at radius 2 is 2.15 bits per heavy atom. The molecule has 20 heavy (non-hydrogen) atoms. The zero-order valence-electron chi connectivity index (χ0n) is 12.3. The number of thiophene rings is 1. The van der Waals surface area contributed by atoms with Crippen molar-refractivity contribution in [2.75, 3.05) is 0 Å². The van der Waals surface area contributed by atoms with Crippen molar-refractivity contribution in [1.29, 1.82) is 0 Å². The predicted octanol–water partition coefficient (Wildman–Crippen LogP) is 4.07. The van der Waals surface area contributed by atoms with Gasteiger partial charge in [-0.1, -0.05) is 32.8 Å². The van der Waals surface area contributed by atoms with Crippen molar-refractivity contribution in [3.8, 4) is 0 Å². The standard InChI is InChI=1S/C16H25NO2S/c1-11(2)10-13(16(18)19)17-15(12-6-3-4-7-12)14-8-5-9-20-14/h5,8-9,11-13,15,17H,3-4,6-7,10H2,1-2H3,(H,18,19). The van der Waals surface area contributed by atoms with Gasteiger partial charge in [0.15, 0.2) is 0 Å². The van der Waals surface area contributed by atoms with Crippen molar-refractivity contribution in [2.24, 2.45) is 11.8 Å². The van der Waals surface area contributed by atoms with Crippen molar-refractivity contribution >= 4 is 17.3 Å². The lowest BCUT2D eigenvalue weighted by atomic mass is 9.94. The molecule has 0 saturated heterocycles. The summed E-state index contributed by atoms with van der Waals surface area (Å²) in [6.45, 7) is 4.15. The largest absolute Gasteiger partial charge is 0.480 e. The van der Waals surface area contributed by atoms with Gasteiger partial charge in [-0.3, -0.25) is 10.1 Å². The number of nitrogens with one attached hydrogen (secondary N) is 1. The first-order chi connectivity index (χ1) is 9.58. The van der Waals surface area contributed by atoms with Crippen LogP contribution in [0.5, 0.6) is 0 Å². The van der Waals surface area contributed by atoms with Crippen LogP contribution in [0.2, 0.25) is 0 Å². The van der Waals surface area contributed by atoms with Crippen LogP contribution in [0.4, 0.5) is 0 Å². The molecule has 2 unspecified atom stereocenters. The van der Waals surface area contributed by atoms with Crippen LogP contribution in [-0.4, -0.2) is 17.1 Å².